The van der Waals surface area contributed by atoms with Crippen LogP contribution in [0.3, 0.4) is 0 Å². The fourth-order valence-electron chi connectivity index (χ4n) is 1.77. The third-order valence-corrected chi connectivity index (χ3v) is 3.32. The molecule has 0 saturated heterocycles. The standard InChI is InChI=1S/C15H20N2O4/c1-5-6-14(11(2)16(3)4)21-15(18)12-7-9-13(10-8-12)17(19)20/h5,7-11,14H,1,6H2,2-4H3/t11-,14-/m1/s1. The highest BCUT2D eigenvalue weighted by Gasteiger charge is 2.23. The molecule has 6 heteroatoms. The highest BCUT2D eigenvalue weighted by molar-refractivity contribution is 5.89. The summed E-state index contributed by atoms with van der Waals surface area (Å²) in [5.41, 5.74) is 0.233. The van der Waals surface area contributed by atoms with Crippen molar-refractivity contribution in [1.29, 1.82) is 0 Å². The van der Waals surface area contributed by atoms with Gasteiger partial charge in [0.05, 0.1) is 10.5 Å². The number of likely N-dealkylation sites (N-methyl/N-ethyl adjacent to an activating group) is 1. The van der Waals surface area contributed by atoms with Gasteiger partial charge < -0.3 is 9.64 Å². The molecule has 0 heterocycles. The van der Waals surface area contributed by atoms with Crippen LogP contribution >= 0.6 is 0 Å². The van der Waals surface area contributed by atoms with E-state index in [2.05, 4.69) is 6.58 Å². The summed E-state index contributed by atoms with van der Waals surface area (Å²) in [5.74, 6) is -0.495. The van der Waals surface area contributed by atoms with Crippen LogP contribution in [0.5, 0.6) is 0 Å². The first-order chi connectivity index (χ1) is 9.86. The third kappa shape index (κ3) is 4.68. The van der Waals surface area contributed by atoms with Crippen molar-refractivity contribution < 1.29 is 14.5 Å². The zero-order valence-corrected chi connectivity index (χ0v) is 12.5. The zero-order chi connectivity index (χ0) is 16.0. The van der Waals surface area contributed by atoms with Crippen molar-refractivity contribution in [3.05, 3.63) is 52.6 Å². The molecule has 0 unspecified atom stereocenters. The van der Waals surface area contributed by atoms with Crippen LogP contribution in [0.2, 0.25) is 0 Å². The second kappa shape index (κ2) is 7.54. The first-order valence-corrected chi connectivity index (χ1v) is 6.59. The summed E-state index contributed by atoms with van der Waals surface area (Å²) in [6, 6.07) is 5.39. The van der Waals surface area contributed by atoms with E-state index in [4.69, 9.17) is 4.74 Å². The summed E-state index contributed by atoms with van der Waals surface area (Å²) in [5, 5.41) is 10.6. The van der Waals surface area contributed by atoms with E-state index in [0.29, 0.717) is 12.0 Å². The summed E-state index contributed by atoms with van der Waals surface area (Å²) in [4.78, 5) is 24.1. The fourth-order valence-corrected chi connectivity index (χ4v) is 1.77. The Labute approximate surface area is 124 Å². The number of benzene rings is 1. The lowest BCUT2D eigenvalue weighted by atomic mass is 10.1. The number of hydrogen-bond acceptors (Lipinski definition) is 5. The normalized spacial score (nSPS) is 13.5. The summed E-state index contributed by atoms with van der Waals surface area (Å²) < 4.78 is 5.48. The van der Waals surface area contributed by atoms with Gasteiger partial charge in [-0.1, -0.05) is 6.08 Å². The molecule has 6 nitrogen and oxygen atoms in total. The Morgan fingerprint density at radius 1 is 1.43 bits per heavy atom. The maximum absolute atomic E-state index is 12.1. The lowest BCUT2D eigenvalue weighted by Gasteiger charge is -2.28. The summed E-state index contributed by atoms with van der Waals surface area (Å²) in [7, 11) is 3.81. The van der Waals surface area contributed by atoms with Crippen LogP contribution in [0.25, 0.3) is 0 Å². The van der Waals surface area contributed by atoms with E-state index in [1.54, 1.807) is 6.08 Å². The smallest absolute Gasteiger partial charge is 0.338 e. The molecule has 0 N–H and O–H groups in total. The molecule has 0 bridgehead atoms. The van der Waals surface area contributed by atoms with Gasteiger partial charge in [-0.15, -0.1) is 6.58 Å². The van der Waals surface area contributed by atoms with Crippen molar-refractivity contribution in [1.82, 2.24) is 4.90 Å². The van der Waals surface area contributed by atoms with Crippen molar-refractivity contribution in [2.45, 2.75) is 25.5 Å². The molecule has 0 aliphatic carbocycles. The van der Waals surface area contributed by atoms with Gasteiger partial charge in [-0.25, -0.2) is 4.79 Å². The second-order valence-electron chi connectivity index (χ2n) is 4.98. The van der Waals surface area contributed by atoms with Gasteiger partial charge in [0.15, 0.2) is 0 Å². The van der Waals surface area contributed by atoms with E-state index in [1.807, 2.05) is 25.9 Å². The summed E-state index contributed by atoms with van der Waals surface area (Å²) in [6.45, 7) is 5.62. The minimum absolute atomic E-state index is 0.0324. The number of nitro benzene ring substituents is 1. The van der Waals surface area contributed by atoms with E-state index in [9.17, 15) is 14.9 Å². The number of ether oxygens (including phenoxy) is 1. The van der Waals surface area contributed by atoms with Gasteiger partial charge >= 0.3 is 5.97 Å². The van der Waals surface area contributed by atoms with Crippen molar-refractivity contribution in [2.75, 3.05) is 14.1 Å². The average Bonchev–Trinajstić information content (AvgIpc) is 2.45. The Kier molecular flexibility index (Phi) is 6.05. The number of nitrogens with zero attached hydrogens (tertiary/aromatic N) is 2. The number of carbonyl (C=O) groups excluding carboxylic acids is 1. The minimum atomic E-state index is -0.510. The maximum atomic E-state index is 12.1. The van der Waals surface area contributed by atoms with Crippen molar-refractivity contribution in [3.8, 4) is 0 Å². The van der Waals surface area contributed by atoms with Crippen molar-refractivity contribution in [2.24, 2.45) is 0 Å². The molecule has 1 aromatic rings. The lowest BCUT2D eigenvalue weighted by Crippen LogP contribution is -2.39. The highest BCUT2D eigenvalue weighted by atomic mass is 16.6. The molecule has 21 heavy (non-hydrogen) atoms. The first-order valence-electron chi connectivity index (χ1n) is 6.59. The molecule has 0 amide bonds. The van der Waals surface area contributed by atoms with E-state index in [1.165, 1.54) is 24.3 Å². The Morgan fingerprint density at radius 2 is 2.00 bits per heavy atom. The molecule has 0 fully saturated rings. The molecule has 0 aliphatic heterocycles. The van der Waals surface area contributed by atoms with Gasteiger partial charge in [0, 0.05) is 24.6 Å². The van der Waals surface area contributed by atoms with Gasteiger partial charge in [-0.2, -0.15) is 0 Å². The molecule has 0 spiro atoms. The molecule has 1 aromatic carbocycles. The number of non-ortho nitro benzene ring substituents is 1. The molecular formula is C15H20N2O4. The molecule has 114 valence electrons. The second-order valence-corrected chi connectivity index (χ2v) is 4.98. The Bertz CT molecular complexity index is 511. The molecule has 0 radical (unpaired) electrons. The van der Waals surface area contributed by atoms with Gasteiger partial charge in [-0.3, -0.25) is 10.1 Å². The molecule has 2 atom stereocenters. The molecule has 1 rings (SSSR count). The maximum Gasteiger partial charge on any atom is 0.338 e. The minimum Gasteiger partial charge on any atom is -0.457 e. The molecule has 0 saturated carbocycles. The molecular weight excluding hydrogens is 272 g/mol. The van der Waals surface area contributed by atoms with Crippen LogP contribution in [-0.4, -0.2) is 42.0 Å². The van der Waals surface area contributed by atoms with Crippen LogP contribution in [0, 0.1) is 10.1 Å². The Morgan fingerprint density at radius 3 is 2.43 bits per heavy atom. The predicted molar refractivity (Wildman–Crippen MR) is 80.3 cm³/mol. The lowest BCUT2D eigenvalue weighted by molar-refractivity contribution is -0.384. The zero-order valence-electron chi connectivity index (χ0n) is 12.5. The topological polar surface area (TPSA) is 72.7 Å². The predicted octanol–water partition coefficient (Wildman–Crippen LogP) is 2.65. The van der Waals surface area contributed by atoms with Crippen LogP contribution in [0.1, 0.15) is 23.7 Å². The van der Waals surface area contributed by atoms with Gasteiger partial charge in [0.25, 0.3) is 5.69 Å². The quantitative estimate of drug-likeness (QED) is 0.334. The van der Waals surface area contributed by atoms with Crippen molar-refractivity contribution in [3.63, 3.8) is 0 Å². The van der Waals surface area contributed by atoms with Crippen LogP contribution in [-0.2, 0) is 4.74 Å². The number of carbonyl (C=O) groups is 1. The summed E-state index contributed by atoms with van der Waals surface area (Å²) in [6.07, 6.45) is 1.92. The number of nitro groups is 1. The van der Waals surface area contributed by atoms with Gasteiger partial charge in [0.2, 0.25) is 0 Å². The third-order valence-electron chi connectivity index (χ3n) is 3.32. The van der Waals surface area contributed by atoms with Crippen molar-refractivity contribution >= 4 is 11.7 Å². The Balaban J connectivity index is 2.81. The van der Waals surface area contributed by atoms with E-state index < -0.39 is 10.9 Å². The molecule has 0 aliphatic rings. The van der Waals surface area contributed by atoms with E-state index in [0.717, 1.165) is 0 Å². The monoisotopic (exact) mass is 292 g/mol. The van der Waals surface area contributed by atoms with Gasteiger partial charge in [-0.05, 0) is 33.2 Å². The van der Waals surface area contributed by atoms with E-state index in [-0.39, 0.29) is 17.8 Å². The first kappa shape index (κ1) is 16.8. The number of hydrogen-bond donors (Lipinski definition) is 0. The van der Waals surface area contributed by atoms with E-state index >= 15 is 0 Å². The Hall–Kier alpha value is -2.21. The highest BCUT2D eigenvalue weighted by Crippen LogP contribution is 2.16. The average molecular weight is 292 g/mol. The largest absolute Gasteiger partial charge is 0.457 e. The van der Waals surface area contributed by atoms with Crippen LogP contribution < -0.4 is 0 Å². The number of rotatable bonds is 7. The summed E-state index contributed by atoms with van der Waals surface area (Å²) >= 11 is 0. The number of esters is 1. The van der Waals surface area contributed by atoms with Gasteiger partial charge in [0.1, 0.15) is 6.10 Å². The fraction of sp³-hybridized carbons (Fsp3) is 0.400. The molecule has 0 aromatic heterocycles. The van der Waals surface area contributed by atoms with Crippen LogP contribution in [0.4, 0.5) is 5.69 Å². The van der Waals surface area contributed by atoms with Crippen LogP contribution in [0.15, 0.2) is 36.9 Å². The SMILES string of the molecule is C=CC[C@@H](OC(=O)c1ccc([N+](=O)[O-])cc1)[C@@H](C)N(C)C.